The van der Waals surface area contributed by atoms with E-state index < -0.39 is 6.10 Å². The Kier molecular flexibility index (Phi) is 5.87. The number of ether oxygens (including phenoxy) is 1. The molecule has 2 nitrogen and oxygen atoms in total. The van der Waals surface area contributed by atoms with E-state index in [4.69, 9.17) is 11.2 Å². The van der Waals surface area contributed by atoms with Crippen molar-refractivity contribution in [1.29, 1.82) is 0 Å². The summed E-state index contributed by atoms with van der Waals surface area (Å²) in [5.41, 5.74) is 2.04. The molecule has 0 saturated carbocycles. The minimum atomic E-state index is -0.457. The number of rotatable bonds is 7. The molecule has 1 unspecified atom stereocenters. The maximum absolute atomic E-state index is 10.0. The molecule has 0 heterocycles. The van der Waals surface area contributed by atoms with Gasteiger partial charge in [-0.2, -0.15) is 0 Å². The predicted octanol–water partition coefficient (Wildman–Crippen LogP) is 4.10. The topological polar surface area (TPSA) is 29.5 Å². The van der Waals surface area contributed by atoms with Crippen molar-refractivity contribution >= 4 is 0 Å². The largest absolute Gasteiger partial charge is 0.489 e. The van der Waals surface area contributed by atoms with E-state index in [1.807, 2.05) is 54.6 Å². The highest BCUT2D eigenvalue weighted by molar-refractivity contribution is 5.29. The van der Waals surface area contributed by atoms with Gasteiger partial charge in [0, 0.05) is 6.42 Å². The van der Waals surface area contributed by atoms with Crippen molar-refractivity contribution in [1.82, 2.24) is 0 Å². The lowest BCUT2D eigenvalue weighted by atomic mass is 10.0. The maximum Gasteiger partial charge on any atom is 0.119 e. The summed E-state index contributed by atoms with van der Waals surface area (Å²) >= 11 is 0. The third kappa shape index (κ3) is 4.98. The molecule has 0 aliphatic heterocycles. The van der Waals surface area contributed by atoms with E-state index in [-0.39, 0.29) is 0 Å². The van der Waals surface area contributed by atoms with E-state index in [1.165, 1.54) is 0 Å². The molecule has 2 heteroatoms. The molecule has 0 spiro atoms. The summed E-state index contributed by atoms with van der Waals surface area (Å²) in [4.78, 5) is 0. The van der Waals surface area contributed by atoms with Gasteiger partial charge in [-0.05, 0) is 36.1 Å². The summed E-state index contributed by atoms with van der Waals surface area (Å²) in [5, 5.41) is 10.0. The number of aliphatic hydroxyl groups is 1. The van der Waals surface area contributed by atoms with Crippen molar-refractivity contribution in [3.8, 4) is 18.1 Å². The van der Waals surface area contributed by atoms with E-state index in [2.05, 4.69) is 5.92 Å². The van der Waals surface area contributed by atoms with Gasteiger partial charge in [0.2, 0.25) is 0 Å². The molecule has 1 atom stereocenters. The molecule has 0 fully saturated rings. The van der Waals surface area contributed by atoms with Crippen molar-refractivity contribution in [3.63, 3.8) is 0 Å². The molecule has 0 radical (unpaired) electrons. The Balaban J connectivity index is 1.85. The third-order valence-corrected chi connectivity index (χ3v) is 3.31. The van der Waals surface area contributed by atoms with Gasteiger partial charge in [-0.1, -0.05) is 42.5 Å². The zero-order chi connectivity index (χ0) is 14.9. The summed E-state index contributed by atoms with van der Waals surface area (Å²) in [6.07, 6.45) is 6.98. The van der Waals surface area contributed by atoms with Gasteiger partial charge >= 0.3 is 0 Å². The van der Waals surface area contributed by atoms with Crippen molar-refractivity contribution < 1.29 is 9.84 Å². The molecule has 2 aromatic rings. The van der Waals surface area contributed by atoms with Crippen LogP contribution in [-0.4, -0.2) is 5.11 Å². The summed E-state index contributed by atoms with van der Waals surface area (Å²) in [5.74, 6) is 3.39. The van der Waals surface area contributed by atoms with Crippen molar-refractivity contribution in [2.45, 2.75) is 32.0 Å². The average Bonchev–Trinajstić information content (AvgIpc) is 2.54. The smallest absolute Gasteiger partial charge is 0.119 e. The Hall–Kier alpha value is -2.24. The molecular weight excluding hydrogens is 260 g/mol. The van der Waals surface area contributed by atoms with E-state index in [0.29, 0.717) is 19.4 Å². The van der Waals surface area contributed by atoms with Crippen LogP contribution in [0.2, 0.25) is 0 Å². The maximum atomic E-state index is 10.0. The van der Waals surface area contributed by atoms with Crippen LogP contribution in [-0.2, 0) is 6.61 Å². The highest BCUT2D eigenvalue weighted by atomic mass is 16.5. The molecule has 0 aliphatic carbocycles. The molecule has 2 rings (SSSR count). The molecule has 0 aromatic heterocycles. The molecule has 108 valence electrons. The SMILES string of the molecule is C#CCCCC(O)c1ccc(OCc2ccccc2)cc1. The highest BCUT2D eigenvalue weighted by Crippen LogP contribution is 2.22. The lowest BCUT2D eigenvalue weighted by molar-refractivity contribution is 0.165. The molecule has 0 aliphatic rings. The van der Waals surface area contributed by atoms with Gasteiger partial charge in [-0.3, -0.25) is 0 Å². The zero-order valence-corrected chi connectivity index (χ0v) is 12.0. The summed E-state index contributed by atoms with van der Waals surface area (Å²) in [6, 6.07) is 17.6. The average molecular weight is 280 g/mol. The summed E-state index contributed by atoms with van der Waals surface area (Å²) in [6.45, 7) is 0.547. The molecule has 0 bridgehead atoms. The summed E-state index contributed by atoms with van der Waals surface area (Å²) < 4.78 is 5.72. The first kappa shape index (κ1) is 15.2. The minimum Gasteiger partial charge on any atom is -0.489 e. The lowest BCUT2D eigenvalue weighted by Crippen LogP contribution is -1.98. The number of hydrogen-bond acceptors (Lipinski definition) is 2. The van der Waals surface area contributed by atoms with Crippen LogP contribution in [0, 0.1) is 12.3 Å². The van der Waals surface area contributed by atoms with Crippen LogP contribution in [0.25, 0.3) is 0 Å². The van der Waals surface area contributed by atoms with Crippen LogP contribution in [0.3, 0.4) is 0 Å². The van der Waals surface area contributed by atoms with Gasteiger partial charge in [0.15, 0.2) is 0 Å². The van der Waals surface area contributed by atoms with E-state index >= 15 is 0 Å². The van der Waals surface area contributed by atoms with Crippen molar-refractivity contribution in [3.05, 3.63) is 65.7 Å². The number of terminal acetylenes is 1. The monoisotopic (exact) mass is 280 g/mol. The second-order valence-electron chi connectivity index (χ2n) is 4.96. The van der Waals surface area contributed by atoms with E-state index in [0.717, 1.165) is 23.3 Å². The normalized spacial score (nSPS) is 11.6. The van der Waals surface area contributed by atoms with Gasteiger partial charge in [0.1, 0.15) is 12.4 Å². The highest BCUT2D eigenvalue weighted by Gasteiger charge is 2.07. The zero-order valence-electron chi connectivity index (χ0n) is 12.0. The first-order valence-corrected chi connectivity index (χ1v) is 7.18. The van der Waals surface area contributed by atoms with E-state index in [9.17, 15) is 5.11 Å². The number of unbranched alkanes of at least 4 members (excludes halogenated alkanes) is 1. The summed E-state index contributed by atoms with van der Waals surface area (Å²) in [7, 11) is 0. The van der Waals surface area contributed by atoms with Crippen LogP contribution in [0.15, 0.2) is 54.6 Å². The van der Waals surface area contributed by atoms with Gasteiger partial charge in [-0.15, -0.1) is 12.3 Å². The Morgan fingerprint density at radius 3 is 2.43 bits per heavy atom. The fourth-order valence-electron chi connectivity index (χ4n) is 2.09. The number of hydrogen-bond donors (Lipinski definition) is 1. The number of aliphatic hydroxyl groups excluding tert-OH is 1. The Morgan fingerprint density at radius 2 is 1.76 bits per heavy atom. The standard InChI is InChI=1S/C19H20O2/c1-2-3-5-10-19(20)17-11-13-18(14-12-17)21-15-16-8-6-4-7-9-16/h1,4,6-9,11-14,19-20H,3,5,10,15H2. The Labute approximate surface area is 126 Å². The van der Waals surface area contributed by atoms with Crippen LogP contribution in [0.1, 0.15) is 36.5 Å². The quantitative estimate of drug-likeness (QED) is 0.611. The van der Waals surface area contributed by atoms with Gasteiger partial charge in [0.05, 0.1) is 6.10 Å². The fourth-order valence-corrected chi connectivity index (χ4v) is 2.09. The van der Waals surface area contributed by atoms with Crippen molar-refractivity contribution in [2.24, 2.45) is 0 Å². The van der Waals surface area contributed by atoms with Crippen LogP contribution >= 0.6 is 0 Å². The third-order valence-electron chi connectivity index (χ3n) is 3.31. The fraction of sp³-hybridized carbons (Fsp3) is 0.263. The molecular formula is C19H20O2. The van der Waals surface area contributed by atoms with Crippen LogP contribution in [0.4, 0.5) is 0 Å². The molecule has 21 heavy (non-hydrogen) atoms. The Bertz CT molecular complexity index is 567. The van der Waals surface area contributed by atoms with Crippen LogP contribution in [0.5, 0.6) is 5.75 Å². The van der Waals surface area contributed by atoms with Gasteiger partial charge in [0.25, 0.3) is 0 Å². The first-order valence-electron chi connectivity index (χ1n) is 7.18. The van der Waals surface area contributed by atoms with Crippen LogP contribution < -0.4 is 4.74 Å². The Morgan fingerprint density at radius 1 is 1.05 bits per heavy atom. The second-order valence-corrected chi connectivity index (χ2v) is 4.96. The number of benzene rings is 2. The lowest BCUT2D eigenvalue weighted by Gasteiger charge is -2.11. The van der Waals surface area contributed by atoms with Gasteiger partial charge < -0.3 is 9.84 Å². The van der Waals surface area contributed by atoms with E-state index in [1.54, 1.807) is 0 Å². The molecule has 0 amide bonds. The second kappa shape index (κ2) is 8.14. The minimum absolute atomic E-state index is 0.457. The predicted molar refractivity (Wildman–Crippen MR) is 84.9 cm³/mol. The van der Waals surface area contributed by atoms with Gasteiger partial charge in [-0.25, -0.2) is 0 Å². The molecule has 1 N–H and O–H groups in total. The molecule has 2 aromatic carbocycles. The molecule has 0 saturated heterocycles. The van der Waals surface area contributed by atoms with Crippen molar-refractivity contribution in [2.75, 3.05) is 0 Å². The first-order chi connectivity index (χ1) is 10.3.